The monoisotopic (exact) mass is 150 g/mol. The quantitative estimate of drug-likeness (QED) is 0.464. The van der Waals surface area contributed by atoms with Crippen LogP contribution in [0.1, 0.15) is 11.3 Å². The van der Waals surface area contributed by atoms with E-state index in [4.69, 9.17) is 0 Å². The van der Waals surface area contributed by atoms with E-state index in [0.29, 0.717) is 0 Å². The Morgan fingerprint density at radius 2 is 2.36 bits per heavy atom. The predicted octanol–water partition coefficient (Wildman–Crippen LogP) is 0.941. The maximum absolute atomic E-state index is 9.97. The first-order valence-electron chi connectivity index (χ1n) is 3.36. The highest BCUT2D eigenvalue weighted by Gasteiger charge is 1.96. The summed E-state index contributed by atoms with van der Waals surface area (Å²) in [4.78, 5) is 9.97. The standard InChI is InChI=1S/C8H10N2O/c1-7-6-10(2)9-8(7)4-3-5-11/h3-6H,1-2H3/b4-3+. The van der Waals surface area contributed by atoms with Gasteiger partial charge in [-0.15, -0.1) is 0 Å². The molecule has 11 heavy (non-hydrogen) atoms. The lowest BCUT2D eigenvalue weighted by molar-refractivity contribution is -0.104. The van der Waals surface area contributed by atoms with Crippen molar-refractivity contribution in [3.05, 3.63) is 23.5 Å². The van der Waals surface area contributed by atoms with Crippen LogP contribution >= 0.6 is 0 Å². The number of carbonyl (C=O) groups is 1. The zero-order valence-electron chi connectivity index (χ0n) is 6.61. The molecule has 0 aliphatic carbocycles. The van der Waals surface area contributed by atoms with Gasteiger partial charge < -0.3 is 0 Å². The van der Waals surface area contributed by atoms with Crippen molar-refractivity contribution in [1.29, 1.82) is 0 Å². The second-order valence-corrected chi connectivity index (χ2v) is 2.37. The largest absolute Gasteiger partial charge is 0.299 e. The molecule has 0 saturated heterocycles. The van der Waals surface area contributed by atoms with Crippen molar-refractivity contribution in [3.8, 4) is 0 Å². The molecule has 0 spiro atoms. The zero-order valence-corrected chi connectivity index (χ0v) is 6.61. The van der Waals surface area contributed by atoms with Gasteiger partial charge in [-0.3, -0.25) is 9.48 Å². The van der Waals surface area contributed by atoms with E-state index in [0.717, 1.165) is 17.5 Å². The summed E-state index contributed by atoms with van der Waals surface area (Å²) in [6, 6.07) is 0. The van der Waals surface area contributed by atoms with Gasteiger partial charge in [0.05, 0.1) is 5.69 Å². The summed E-state index contributed by atoms with van der Waals surface area (Å²) in [5.74, 6) is 0. The molecule has 3 nitrogen and oxygen atoms in total. The zero-order chi connectivity index (χ0) is 8.27. The number of rotatable bonds is 2. The van der Waals surface area contributed by atoms with Gasteiger partial charge in [0.25, 0.3) is 0 Å². The lowest BCUT2D eigenvalue weighted by atomic mass is 10.3. The third kappa shape index (κ3) is 1.77. The van der Waals surface area contributed by atoms with Gasteiger partial charge in [0.15, 0.2) is 0 Å². The molecule has 0 atom stereocenters. The van der Waals surface area contributed by atoms with Gasteiger partial charge in [-0.1, -0.05) is 0 Å². The molecule has 0 amide bonds. The van der Waals surface area contributed by atoms with Gasteiger partial charge >= 0.3 is 0 Å². The topological polar surface area (TPSA) is 34.9 Å². The third-order valence-corrected chi connectivity index (χ3v) is 1.38. The Hall–Kier alpha value is -1.38. The van der Waals surface area contributed by atoms with Gasteiger partial charge in [-0.2, -0.15) is 5.10 Å². The second-order valence-electron chi connectivity index (χ2n) is 2.37. The minimum atomic E-state index is 0.744. The molecule has 1 heterocycles. The van der Waals surface area contributed by atoms with Crippen LogP contribution in [0.4, 0.5) is 0 Å². The summed E-state index contributed by atoms with van der Waals surface area (Å²) in [6.07, 6.45) is 5.79. The number of carbonyl (C=O) groups excluding carboxylic acids is 1. The normalized spacial score (nSPS) is 10.7. The number of hydrogen-bond acceptors (Lipinski definition) is 2. The van der Waals surface area contributed by atoms with Gasteiger partial charge in [0, 0.05) is 13.2 Å². The van der Waals surface area contributed by atoms with E-state index in [1.807, 2.05) is 20.2 Å². The number of aromatic nitrogens is 2. The average molecular weight is 150 g/mol. The maximum atomic E-state index is 9.97. The molecule has 1 rings (SSSR count). The summed E-state index contributed by atoms with van der Waals surface area (Å²) in [5, 5.41) is 4.12. The van der Waals surface area contributed by atoms with Gasteiger partial charge in [-0.25, -0.2) is 0 Å². The molecular formula is C8H10N2O. The van der Waals surface area contributed by atoms with Crippen LogP contribution in [0.25, 0.3) is 6.08 Å². The maximum Gasteiger partial charge on any atom is 0.142 e. The fourth-order valence-electron chi connectivity index (χ4n) is 0.919. The summed E-state index contributed by atoms with van der Waals surface area (Å²) in [6.45, 7) is 1.96. The average Bonchev–Trinajstić information content (AvgIpc) is 2.26. The highest BCUT2D eigenvalue weighted by Crippen LogP contribution is 2.04. The first-order chi connectivity index (χ1) is 5.24. The van der Waals surface area contributed by atoms with Crippen LogP contribution in [0, 0.1) is 6.92 Å². The third-order valence-electron chi connectivity index (χ3n) is 1.38. The highest BCUT2D eigenvalue weighted by molar-refractivity contribution is 5.73. The molecule has 1 aromatic heterocycles. The molecule has 0 fully saturated rings. The van der Waals surface area contributed by atoms with Gasteiger partial charge in [0.2, 0.25) is 0 Å². The lowest BCUT2D eigenvalue weighted by Crippen LogP contribution is -1.86. The molecule has 1 aromatic rings. The predicted molar refractivity (Wildman–Crippen MR) is 43.0 cm³/mol. The van der Waals surface area contributed by atoms with Crippen molar-refractivity contribution in [2.75, 3.05) is 0 Å². The Balaban J connectivity index is 2.93. The van der Waals surface area contributed by atoms with Crippen molar-refractivity contribution >= 4 is 12.4 Å². The Bertz CT molecular complexity index is 286. The number of nitrogens with zero attached hydrogens (tertiary/aromatic N) is 2. The molecule has 0 saturated carbocycles. The summed E-state index contributed by atoms with van der Waals surface area (Å²) >= 11 is 0. The first-order valence-corrected chi connectivity index (χ1v) is 3.36. The SMILES string of the molecule is Cc1cn(C)nc1/C=C/C=O. The van der Waals surface area contributed by atoms with Crippen molar-refractivity contribution in [2.45, 2.75) is 6.92 Å². The van der Waals surface area contributed by atoms with Crippen LogP contribution in [-0.4, -0.2) is 16.1 Å². The molecule has 0 radical (unpaired) electrons. The van der Waals surface area contributed by atoms with E-state index < -0.39 is 0 Å². The number of aldehydes is 1. The van der Waals surface area contributed by atoms with E-state index in [1.165, 1.54) is 6.08 Å². The molecule has 0 N–H and O–H groups in total. The minimum Gasteiger partial charge on any atom is -0.299 e. The Kier molecular flexibility index (Phi) is 2.21. The van der Waals surface area contributed by atoms with Crippen LogP contribution in [0.15, 0.2) is 12.3 Å². The number of hydrogen-bond donors (Lipinski definition) is 0. The first kappa shape index (κ1) is 7.72. The van der Waals surface area contributed by atoms with Crippen LogP contribution < -0.4 is 0 Å². The lowest BCUT2D eigenvalue weighted by Gasteiger charge is -1.83. The van der Waals surface area contributed by atoms with E-state index in [-0.39, 0.29) is 0 Å². The van der Waals surface area contributed by atoms with Crippen LogP contribution in [0.5, 0.6) is 0 Å². The molecule has 0 aromatic carbocycles. The summed E-state index contributed by atoms with van der Waals surface area (Å²) in [5.41, 5.74) is 1.92. The summed E-state index contributed by atoms with van der Waals surface area (Å²) in [7, 11) is 1.85. The second kappa shape index (κ2) is 3.14. The van der Waals surface area contributed by atoms with E-state index in [1.54, 1.807) is 10.8 Å². The summed E-state index contributed by atoms with van der Waals surface area (Å²) < 4.78 is 1.72. The van der Waals surface area contributed by atoms with Gasteiger partial charge in [0.1, 0.15) is 6.29 Å². The Morgan fingerprint density at radius 3 is 2.82 bits per heavy atom. The van der Waals surface area contributed by atoms with Crippen molar-refractivity contribution in [2.24, 2.45) is 7.05 Å². The minimum absolute atomic E-state index is 0.744. The van der Waals surface area contributed by atoms with Crippen LogP contribution in [-0.2, 0) is 11.8 Å². The molecule has 0 aliphatic rings. The molecule has 3 heteroatoms. The van der Waals surface area contributed by atoms with E-state index in [2.05, 4.69) is 5.10 Å². The fraction of sp³-hybridized carbons (Fsp3) is 0.250. The Labute approximate surface area is 65.3 Å². The van der Waals surface area contributed by atoms with E-state index >= 15 is 0 Å². The van der Waals surface area contributed by atoms with Crippen LogP contribution in [0.2, 0.25) is 0 Å². The van der Waals surface area contributed by atoms with Crippen LogP contribution in [0.3, 0.4) is 0 Å². The fourth-order valence-corrected chi connectivity index (χ4v) is 0.919. The van der Waals surface area contributed by atoms with E-state index in [9.17, 15) is 4.79 Å². The van der Waals surface area contributed by atoms with Crippen molar-refractivity contribution < 1.29 is 4.79 Å². The smallest absolute Gasteiger partial charge is 0.142 e. The molecule has 0 bridgehead atoms. The number of aryl methyl sites for hydroxylation is 2. The number of allylic oxidation sites excluding steroid dienone is 1. The Morgan fingerprint density at radius 1 is 1.64 bits per heavy atom. The van der Waals surface area contributed by atoms with Crippen molar-refractivity contribution in [1.82, 2.24) is 9.78 Å². The molecule has 0 aliphatic heterocycles. The van der Waals surface area contributed by atoms with Gasteiger partial charge in [-0.05, 0) is 24.6 Å². The molecule has 58 valence electrons. The highest BCUT2D eigenvalue weighted by atomic mass is 16.1. The molecular weight excluding hydrogens is 140 g/mol. The molecule has 0 unspecified atom stereocenters. The van der Waals surface area contributed by atoms with Crippen molar-refractivity contribution in [3.63, 3.8) is 0 Å².